The van der Waals surface area contributed by atoms with Crippen molar-refractivity contribution in [1.82, 2.24) is 9.80 Å². The van der Waals surface area contributed by atoms with Gasteiger partial charge in [0.2, 0.25) is 5.91 Å². The molecule has 33 heavy (non-hydrogen) atoms. The molecule has 176 valence electrons. The van der Waals surface area contributed by atoms with Crippen LogP contribution in [0.25, 0.3) is 0 Å². The molecule has 0 bridgehead atoms. The number of carbonyl (C=O) groups is 2. The predicted molar refractivity (Wildman–Crippen MR) is 128 cm³/mol. The van der Waals surface area contributed by atoms with Crippen LogP contribution < -0.4 is 14.4 Å². The second-order valence-electron chi connectivity index (χ2n) is 8.68. The molecule has 2 fully saturated rings. The van der Waals surface area contributed by atoms with Crippen molar-refractivity contribution < 1.29 is 19.1 Å². The third kappa shape index (κ3) is 4.92. The summed E-state index contributed by atoms with van der Waals surface area (Å²) in [5.41, 5.74) is 2.62. The lowest BCUT2D eigenvalue weighted by molar-refractivity contribution is -0.133. The van der Waals surface area contributed by atoms with Gasteiger partial charge in [0.25, 0.3) is 5.91 Å². The van der Waals surface area contributed by atoms with E-state index in [9.17, 15) is 9.59 Å². The molecule has 2 amide bonds. The Morgan fingerprint density at radius 2 is 1.61 bits per heavy atom. The van der Waals surface area contributed by atoms with Crippen LogP contribution in [0.15, 0.2) is 42.5 Å². The van der Waals surface area contributed by atoms with Gasteiger partial charge in [-0.05, 0) is 55.2 Å². The summed E-state index contributed by atoms with van der Waals surface area (Å²) < 4.78 is 10.8. The van der Waals surface area contributed by atoms with Gasteiger partial charge in [-0.3, -0.25) is 9.59 Å². The van der Waals surface area contributed by atoms with Crippen molar-refractivity contribution >= 4 is 17.5 Å². The average Bonchev–Trinajstić information content (AvgIpc) is 2.88. The monoisotopic (exact) mass is 451 g/mol. The lowest BCUT2D eigenvalue weighted by Gasteiger charge is -2.41. The maximum Gasteiger partial charge on any atom is 0.257 e. The average molecular weight is 452 g/mol. The topological polar surface area (TPSA) is 62.3 Å². The molecule has 0 aromatic heterocycles. The molecule has 2 heterocycles. The second-order valence-corrected chi connectivity index (χ2v) is 8.68. The highest BCUT2D eigenvalue weighted by Crippen LogP contribution is 2.31. The second kappa shape index (κ2) is 10.1. The number of anilines is 1. The number of methoxy groups -OCH3 is 2. The fraction of sp³-hybridized carbons (Fsp3) is 0.462. The highest BCUT2D eigenvalue weighted by atomic mass is 16.5. The van der Waals surface area contributed by atoms with Crippen molar-refractivity contribution in [3.05, 3.63) is 53.6 Å². The van der Waals surface area contributed by atoms with E-state index in [0.29, 0.717) is 30.9 Å². The number of nitrogens with zero attached hydrogens (tertiary/aromatic N) is 3. The van der Waals surface area contributed by atoms with Crippen LogP contribution in [0.5, 0.6) is 11.5 Å². The largest absolute Gasteiger partial charge is 0.497 e. The highest BCUT2D eigenvalue weighted by Gasteiger charge is 2.33. The van der Waals surface area contributed by atoms with E-state index in [2.05, 4.69) is 4.90 Å². The summed E-state index contributed by atoms with van der Waals surface area (Å²) in [6.45, 7) is 5.02. The molecular formula is C26H33N3O4. The molecule has 0 unspecified atom stereocenters. The smallest absolute Gasteiger partial charge is 0.257 e. The van der Waals surface area contributed by atoms with E-state index in [0.717, 1.165) is 30.1 Å². The molecular weight excluding hydrogens is 418 g/mol. The Hall–Kier alpha value is -3.22. The lowest BCUT2D eigenvalue weighted by Crippen LogP contribution is -2.51. The first-order valence-corrected chi connectivity index (χ1v) is 11.6. The molecule has 0 saturated carbocycles. The molecule has 4 rings (SSSR count). The van der Waals surface area contributed by atoms with E-state index in [1.54, 1.807) is 21.1 Å². The predicted octanol–water partition coefficient (Wildman–Crippen LogP) is 3.74. The van der Waals surface area contributed by atoms with E-state index >= 15 is 0 Å². The Balaban J connectivity index is 1.60. The number of benzene rings is 2. The first kappa shape index (κ1) is 23.0. The Morgan fingerprint density at radius 3 is 2.24 bits per heavy atom. The van der Waals surface area contributed by atoms with E-state index in [4.69, 9.17) is 9.47 Å². The van der Waals surface area contributed by atoms with Gasteiger partial charge in [0.15, 0.2) is 0 Å². The standard InChI is InChI=1S/C26H33N3O4/c1-19(30)29-16-15-28(18-24(29)20-7-10-22(32-2)11-8-20)26(31)23-17-21(9-12-25(23)33-3)27-13-5-4-6-14-27/h7-12,17,24H,4-6,13-16,18H2,1-3H3/t24-/m1/s1. The molecule has 7 heteroatoms. The van der Waals surface area contributed by atoms with Gasteiger partial charge in [-0.25, -0.2) is 0 Å². The van der Waals surface area contributed by atoms with Crippen molar-refractivity contribution in [3.63, 3.8) is 0 Å². The summed E-state index contributed by atoms with van der Waals surface area (Å²) in [4.78, 5) is 32.0. The zero-order valence-electron chi connectivity index (χ0n) is 19.8. The fourth-order valence-electron chi connectivity index (χ4n) is 4.84. The third-order valence-corrected chi connectivity index (χ3v) is 6.71. The number of hydrogen-bond acceptors (Lipinski definition) is 5. The molecule has 0 radical (unpaired) electrons. The molecule has 7 nitrogen and oxygen atoms in total. The maximum atomic E-state index is 13.7. The van der Waals surface area contributed by atoms with E-state index < -0.39 is 0 Å². The van der Waals surface area contributed by atoms with Crippen LogP contribution in [-0.4, -0.2) is 68.6 Å². The Morgan fingerprint density at radius 1 is 0.879 bits per heavy atom. The van der Waals surface area contributed by atoms with Gasteiger partial charge in [-0.15, -0.1) is 0 Å². The first-order chi connectivity index (χ1) is 16.0. The van der Waals surface area contributed by atoms with Gasteiger partial charge in [0, 0.05) is 45.3 Å². The van der Waals surface area contributed by atoms with Gasteiger partial charge in [-0.1, -0.05) is 12.1 Å². The summed E-state index contributed by atoms with van der Waals surface area (Å²) in [5.74, 6) is 1.28. The Labute approximate surface area is 195 Å². The van der Waals surface area contributed by atoms with Gasteiger partial charge in [-0.2, -0.15) is 0 Å². The minimum atomic E-state index is -0.206. The molecule has 2 saturated heterocycles. The van der Waals surface area contributed by atoms with Crippen LogP contribution in [0.3, 0.4) is 0 Å². The van der Waals surface area contributed by atoms with Crippen molar-refractivity contribution in [2.24, 2.45) is 0 Å². The zero-order valence-corrected chi connectivity index (χ0v) is 19.8. The van der Waals surface area contributed by atoms with Crippen molar-refractivity contribution in [1.29, 1.82) is 0 Å². The molecule has 2 aromatic carbocycles. The molecule has 2 aromatic rings. The number of piperidine rings is 1. The van der Waals surface area contributed by atoms with Crippen LogP contribution >= 0.6 is 0 Å². The van der Waals surface area contributed by atoms with Crippen LogP contribution in [0.4, 0.5) is 5.69 Å². The summed E-state index contributed by atoms with van der Waals surface area (Å²) in [7, 11) is 3.23. The number of carbonyl (C=O) groups excluding carboxylic acids is 2. The molecule has 0 spiro atoms. The zero-order chi connectivity index (χ0) is 23.4. The Kier molecular flexibility index (Phi) is 7.06. The molecule has 0 N–H and O–H groups in total. The van der Waals surface area contributed by atoms with Gasteiger partial charge >= 0.3 is 0 Å². The van der Waals surface area contributed by atoms with Gasteiger partial charge in [0.1, 0.15) is 11.5 Å². The minimum absolute atomic E-state index is 0.00703. The van der Waals surface area contributed by atoms with Crippen molar-refractivity contribution in [3.8, 4) is 11.5 Å². The molecule has 2 aliphatic rings. The normalized spacial score (nSPS) is 18.8. The van der Waals surface area contributed by atoms with Crippen molar-refractivity contribution in [2.45, 2.75) is 32.2 Å². The van der Waals surface area contributed by atoms with Crippen molar-refractivity contribution in [2.75, 3.05) is 51.8 Å². The van der Waals surface area contributed by atoms with Crippen LogP contribution in [0.2, 0.25) is 0 Å². The van der Waals surface area contributed by atoms with E-state index in [-0.39, 0.29) is 17.9 Å². The number of hydrogen-bond donors (Lipinski definition) is 0. The van der Waals surface area contributed by atoms with E-state index in [1.165, 1.54) is 19.3 Å². The summed E-state index contributed by atoms with van der Waals surface area (Å²) >= 11 is 0. The first-order valence-electron chi connectivity index (χ1n) is 11.6. The Bertz CT molecular complexity index is 986. The molecule has 2 aliphatic heterocycles. The van der Waals surface area contributed by atoms with Crippen LogP contribution in [-0.2, 0) is 4.79 Å². The molecule has 0 aliphatic carbocycles. The SMILES string of the molecule is COc1ccc([C@H]2CN(C(=O)c3cc(N4CCCCC4)ccc3OC)CCN2C(C)=O)cc1. The van der Waals surface area contributed by atoms with E-state index in [1.807, 2.05) is 52.3 Å². The summed E-state index contributed by atoms with van der Waals surface area (Å²) in [6, 6.07) is 13.4. The summed E-state index contributed by atoms with van der Waals surface area (Å²) in [5, 5.41) is 0. The number of ether oxygens (including phenoxy) is 2. The number of rotatable bonds is 5. The summed E-state index contributed by atoms with van der Waals surface area (Å²) in [6.07, 6.45) is 3.60. The van der Waals surface area contributed by atoms with Crippen LogP contribution in [0, 0.1) is 0 Å². The number of amides is 2. The third-order valence-electron chi connectivity index (χ3n) is 6.71. The van der Waals surface area contributed by atoms with Crippen LogP contribution in [0.1, 0.15) is 48.1 Å². The minimum Gasteiger partial charge on any atom is -0.497 e. The number of piperazine rings is 1. The quantitative estimate of drug-likeness (QED) is 0.693. The molecule has 1 atom stereocenters. The highest BCUT2D eigenvalue weighted by molar-refractivity contribution is 5.98. The fourth-order valence-corrected chi connectivity index (χ4v) is 4.84. The maximum absolute atomic E-state index is 13.7. The van der Waals surface area contributed by atoms with Gasteiger partial charge < -0.3 is 24.2 Å². The van der Waals surface area contributed by atoms with Gasteiger partial charge in [0.05, 0.1) is 25.8 Å². The lowest BCUT2D eigenvalue weighted by atomic mass is 10.0.